The van der Waals surface area contributed by atoms with Gasteiger partial charge >= 0.3 is 0 Å². The highest BCUT2D eigenvalue weighted by atomic mass is 32.2. The fourth-order valence-electron chi connectivity index (χ4n) is 3.44. The Morgan fingerprint density at radius 2 is 2.00 bits per heavy atom. The Kier molecular flexibility index (Phi) is 4.95. The molecule has 0 N–H and O–H groups in total. The zero-order chi connectivity index (χ0) is 17.5. The number of carbonyl (C=O) groups excluding carboxylic acids is 1. The van der Waals surface area contributed by atoms with Crippen LogP contribution in [-0.2, 0) is 14.8 Å². The first-order chi connectivity index (χ1) is 11.3. The lowest BCUT2D eigenvalue weighted by molar-refractivity contribution is -0.116. The summed E-state index contributed by atoms with van der Waals surface area (Å²) in [6.07, 6.45) is 2.91. The number of hydrogen-bond donors (Lipinski definition) is 0. The lowest BCUT2D eigenvalue weighted by atomic mass is 10.1. The Morgan fingerprint density at radius 3 is 2.67 bits per heavy atom. The highest BCUT2D eigenvalue weighted by molar-refractivity contribution is 8.00. The summed E-state index contributed by atoms with van der Waals surface area (Å²) in [5.41, 5.74) is 0.816. The lowest BCUT2D eigenvalue weighted by Gasteiger charge is -2.34. The van der Waals surface area contributed by atoms with Crippen LogP contribution in [0, 0.1) is 0 Å². The summed E-state index contributed by atoms with van der Waals surface area (Å²) in [6, 6.07) is 5.20. The largest absolute Gasteiger partial charge is 0.310 e. The standard InChI is InChI=1S/C17H24N2O3S2/c1-12-6-4-5-9-19(12)24(21,22)15-7-8-16-17(10-15)23-13(2)11-18(16)14(3)20/h7-8,10,12-13H,4-6,9,11H2,1-3H3. The van der Waals surface area contributed by atoms with Crippen molar-refractivity contribution in [2.24, 2.45) is 0 Å². The van der Waals surface area contributed by atoms with Gasteiger partial charge in [0, 0.05) is 36.2 Å². The normalized spacial score (nSPS) is 25.4. The number of benzene rings is 1. The summed E-state index contributed by atoms with van der Waals surface area (Å²) >= 11 is 1.63. The van der Waals surface area contributed by atoms with Crippen LogP contribution in [-0.4, -0.2) is 43.0 Å². The second kappa shape index (κ2) is 6.69. The summed E-state index contributed by atoms with van der Waals surface area (Å²) < 4.78 is 27.7. The van der Waals surface area contributed by atoms with Crippen LogP contribution in [0.2, 0.25) is 0 Å². The van der Waals surface area contributed by atoms with Crippen molar-refractivity contribution in [2.75, 3.05) is 18.0 Å². The van der Waals surface area contributed by atoms with Crippen LogP contribution in [0.25, 0.3) is 0 Å². The highest BCUT2D eigenvalue weighted by Crippen LogP contribution is 2.40. The molecule has 7 heteroatoms. The minimum atomic E-state index is -3.48. The molecule has 0 aromatic heterocycles. The van der Waals surface area contributed by atoms with E-state index in [0.29, 0.717) is 18.0 Å². The zero-order valence-electron chi connectivity index (χ0n) is 14.4. The molecular weight excluding hydrogens is 344 g/mol. The van der Waals surface area contributed by atoms with Gasteiger partial charge in [0.05, 0.1) is 10.6 Å². The number of fused-ring (bicyclic) bond motifs is 1. The number of anilines is 1. The van der Waals surface area contributed by atoms with Gasteiger partial charge in [-0.1, -0.05) is 13.3 Å². The molecule has 0 aliphatic carbocycles. The highest BCUT2D eigenvalue weighted by Gasteiger charge is 2.33. The third kappa shape index (κ3) is 3.21. The maximum atomic E-state index is 13.0. The number of carbonyl (C=O) groups is 1. The Labute approximate surface area is 148 Å². The molecule has 3 rings (SSSR count). The van der Waals surface area contributed by atoms with Crippen LogP contribution in [0.15, 0.2) is 28.0 Å². The average molecular weight is 369 g/mol. The smallest absolute Gasteiger partial charge is 0.243 e. The van der Waals surface area contributed by atoms with Gasteiger partial charge in [0.15, 0.2) is 0 Å². The van der Waals surface area contributed by atoms with E-state index in [0.717, 1.165) is 29.8 Å². The molecule has 132 valence electrons. The Morgan fingerprint density at radius 1 is 1.25 bits per heavy atom. The van der Waals surface area contributed by atoms with Crippen molar-refractivity contribution in [3.05, 3.63) is 18.2 Å². The maximum Gasteiger partial charge on any atom is 0.243 e. The topological polar surface area (TPSA) is 57.7 Å². The van der Waals surface area contributed by atoms with E-state index >= 15 is 0 Å². The first-order valence-electron chi connectivity index (χ1n) is 8.41. The third-order valence-electron chi connectivity index (χ3n) is 4.72. The molecule has 2 heterocycles. The first-order valence-corrected chi connectivity index (χ1v) is 10.7. The van der Waals surface area contributed by atoms with Crippen LogP contribution < -0.4 is 4.90 Å². The van der Waals surface area contributed by atoms with Gasteiger partial charge in [0.25, 0.3) is 0 Å². The van der Waals surface area contributed by atoms with E-state index in [2.05, 4.69) is 6.92 Å². The van der Waals surface area contributed by atoms with Gasteiger partial charge < -0.3 is 4.90 Å². The van der Waals surface area contributed by atoms with Crippen LogP contribution in [0.4, 0.5) is 5.69 Å². The molecule has 1 amide bonds. The van der Waals surface area contributed by atoms with Gasteiger partial charge in [-0.2, -0.15) is 4.31 Å². The van der Waals surface area contributed by atoms with Crippen molar-refractivity contribution in [1.82, 2.24) is 4.31 Å². The lowest BCUT2D eigenvalue weighted by Crippen LogP contribution is -2.42. The number of rotatable bonds is 2. The molecule has 0 bridgehead atoms. The van der Waals surface area contributed by atoms with Gasteiger partial charge in [-0.3, -0.25) is 4.79 Å². The first kappa shape index (κ1) is 17.8. The van der Waals surface area contributed by atoms with E-state index in [-0.39, 0.29) is 17.2 Å². The van der Waals surface area contributed by atoms with Crippen molar-refractivity contribution in [3.63, 3.8) is 0 Å². The summed E-state index contributed by atoms with van der Waals surface area (Å²) in [5, 5.41) is 0.244. The van der Waals surface area contributed by atoms with Crippen molar-refractivity contribution >= 4 is 33.4 Å². The number of hydrogen-bond acceptors (Lipinski definition) is 4. The number of piperidine rings is 1. The molecule has 1 aromatic rings. The minimum absolute atomic E-state index is 0.0105. The van der Waals surface area contributed by atoms with Crippen molar-refractivity contribution in [1.29, 1.82) is 0 Å². The summed E-state index contributed by atoms with van der Waals surface area (Å²) in [4.78, 5) is 14.8. The quantitative estimate of drug-likeness (QED) is 0.805. The Balaban J connectivity index is 1.99. The van der Waals surface area contributed by atoms with Gasteiger partial charge in [0.1, 0.15) is 0 Å². The maximum absolute atomic E-state index is 13.0. The summed E-state index contributed by atoms with van der Waals surface area (Å²) in [7, 11) is -3.48. The van der Waals surface area contributed by atoms with Crippen molar-refractivity contribution < 1.29 is 13.2 Å². The number of nitrogens with zero attached hydrogens (tertiary/aromatic N) is 2. The van der Waals surface area contributed by atoms with Crippen LogP contribution in [0.3, 0.4) is 0 Å². The predicted octanol–water partition coefficient (Wildman–Crippen LogP) is 3.10. The molecule has 0 spiro atoms. The molecule has 0 radical (unpaired) electrons. The third-order valence-corrected chi connectivity index (χ3v) is 7.86. The molecule has 2 unspecified atom stereocenters. The SMILES string of the molecule is CC(=O)N1CC(C)Sc2cc(S(=O)(=O)N3CCCCC3C)ccc21. The fourth-order valence-corrected chi connectivity index (χ4v) is 6.40. The number of amides is 1. The van der Waals surface area contributed by atoms with E-state index in [4.69, 9.17) is 0 Å². The van der Waals surface area contributed by atoms with Gasteiger partial charge in [0.2, 0.25) is 15.9 Å². The molecule has 2 atom stereocenters. The summed E-state index contributed by atoms with van der Waals surface area (Å²) in [5.74, 6) is -0.0105. The van der Waals surface area contributed by atoms with E-state index in [9.17, 15) is 13.2 Å². The average Bonchev–Trinajstić information content (AvgIpc) is 2.53. The number of sulfonamides is 1. The molecule has 2 aliphatic heterocycles. The molecule has 1 saturated heterocycles. The molecule has 24 heavy (non-hydrogen) atoms. The predicted molar refractivity (Wildman–Crippen MR) is 97.0 cm³/mol. The minimum Gasteiger partial charge on any atom is -0.310 e. The van der Waals surface area contributed by atoms with E-state index < -0.39 is 10.0 Å². The van der Waals surface area contributed by atoms with Crippen LogP contribution >= 0.6 is 11.8 Å². The molecule has 0 saturated carbocycles. The van der Waals surface area contributed by atoms with Crippen LogP contribution in [0.1, 0.15) is 40.0 Å². The van der Waals surface area contributed by atoms with Crippen molar-refractivity contribution in [2.45, 2.75) is 61.1 Å². The second-order valence-corrected chi connectivity index (χ2v) is 10.0. The van der Waals surface area contributed by atoms with Gasteiger partial charge in [-0.15, -0.1) is 11.8 Å². The Bertz CT molecular complexity index is 748. The van der Waals surface area contributed by atoms with E-state index in [1.54, 1.807) is 46.1 Å². The van der Waals surface area contributed by atoms with E-state index in [1.165, 1.54) is 0 Å². The monoisotopic (exact) mass is 368 g/mol. The molecule has 1 aromatic carbocycles. The summed E-state index contributed by atoms with van der Waals surface area (Å²) in [6.45, 7) is 6.82. The second-order valence-electron chi connectivity index (χ2n) is 6.65. The van der Waals surface area contributed by atoms with Gasteiger partial charge in [-0.25, -0.2) is 8.42 Å². The van der Waals surface area contributed by atoms with Gasteiger partial charge in [-0.05, 0) is 38.0 Å². The Hall–Kier alpha value is -1.05. The van der Waals surface area contributed by atoms with Crippen LogP contribution in [0.5, 0.6) is 0 Å². The molecule has 5 nitrogen and oxygen atoms in total. The van der Waals surface area contributed by atoms with E-state index in [1.807, 2.05) is 6.92 Å². The number of thioether (sulfide) groups is 1. The zero-order valence-corrected chi connectivity index (χ0v) is 16.0. The fraction of sp³-hybridized carbons (Fsp3) is 0.588. The molecule has 1 fully saturated rings. The molecular formula is C17H24N2O3S2. The van der Waals surface area contributed by atoms with Crippen molar-refractivity contribution in [3.8, 4) is 0 Å². The molecule has 2 aliphatic rings.